The highest BCUT2D eigenvalue weighted by atomic mass is 16.5. The largest absolute Gasteiger partial charge is 0.338 e. The van der Waals surface area contributed by atoms with Gasteiger partial charge >= 0.3 is 0 Å². The van der Waals surface area contributed by atoms with Crippen LogP contribution in [-0.4, -0.2) is 44.4 Å². The summed E-state index contributed by atoms with van der Waals surface area (Å²) in [6.07, 6.45) is 2.18. The lowest BCUT2D eigenvalue weighted by atomic mass is 10.2. The van der Waals surface area contributed by atoms with Gasteiger partial charge in [-0.3, -0.25) is 19.7 Å². The minimum atomic E-state index is -0.222. The quantitative estimate of drug-likeness (QED) is 0.910. The summed E-state index contributed by atoms with van der Waals surface area (Å²) >= 11 is 0. The summed E-state index contributed by atoms with van der Waals surface area (Å²) in [5, 5.41) is 11.2. The van der Waals surface area contributed by atoms with Crippen molar-refractivity contribution < 1.29 is 9.32 Å². The molecule has 0 spiro atoms. The lowest BCUT2D eigenvalue weighted by Gasteiger charge is -2.29. The predicted octanol–water partition coefficient (Wildman–Crippen LogP) is 2.29. The summed E-state index contributed by atoms with van der Waals surface area (Å²) in [5.74, 6) is 0.338. The van der Waals surface area contributed by atoms with Crippen LogP contribution in [0.2, 0.25) is 0 Å². The number of aromatic nitrogens is 3. The molecular weight excluding hydrogens is 306 g/mol. The van der Waals surface area contributed by atoms with E-state index in [4.69, 9.17) is 4.52 Å². The Kier molecular flexibility index (Phi) is 4.71. The van der Waals surface area contributed by atoms with Crippen molar-refractivity contribution in [1.82, 2.24) is 19.8 Å². The Bertz CT molecular complexity index is 720. The first-order chi connectivity index (χ1) is 11.4. The highest BCUT2D eigenvalue weighted by Gasteiger charge is 2.33. The zero-order valence-electron chi connectivity index (χ0n) is 14.7. The number of anilines is 1. The fourth-order valence-corrected chi connectivity index (χ4v) is 3.42. The van der Waals surface area contributed by atoms with Gasteiger partial charge in [0.05, 0.1) is 24.0 Å². The third-order valence-electron chi connectivity index (χ3n) is 4.66. The number of nitrogens with one attached hydrogen (secondary N) is 1. The van der Waals surface area contributed by atoms with Crippen LogP contribution in [0.15, 0.2) is 16.7 Å². The summed E-state index contributed by atoms with van der Waals surface area (Å²) in [4.78, 5) is 14.8. The van der Waals surface area contributed by atoms with E-state index in [1.807, 2.05) is 25.5 Å². The Morgan fingerprint density at radius 1 is 1.38 bits per heavy atom. The van der Waals surface area contributed by atoms with Crippen molar-refractivity contribution in [3.05, 3.63) is 29.2 Å². The molecule has 1 amide bonds. The highest BCUT2D eigenvalue weighted by Crippen LogP contribution is 2.23. The van der Waals surface area contributed by atoms with E-state index in [9.17, 15) is 4.79 Å². The number of amides is 1. The summed E-state index contributed by atoms with van der Waals surface area (Å²) in [5.41, 5.74) is 2.94. The Hall–Kier alpha value is -2.15. The summed E-state index contributed by atoms with van der Waals surface area (Å²) in [7, 11) is 0. The maximum Gasteiger partial charge on any atom is 0.243 e. The maximum atomic E-state index is 12.5. The van der Waals surface area contributed by atoms with Crippen LogP contribution in [-0.2, 0) is 11.3 Å². The lowest BCUT2D eigenvalue weighted by Crippen LogP contribution is -2.46. The molecule has 1 saturated heterocycles. The molecule has 0 unspecified atom stereocenters. The molecule has 7 heteroatoms. The highest BCUT2D eigenvalue weighted by molar-refractivity contribution is 5.93. The molecule has 1 N–H and O–H groups in total. The molecule has 1 aliphatic heterocycles. The second-order valence-corrected chi connectivity index (χ2v) is 6.64. The molecule has 1 aliphatic rings. The Balaban J connectivity index is 1.65. The van der Waals surface area contributed by atoms with Gasteiger partial charge in [-0.1, -0.05) is 5.16 Å². The standard InChI is InChI=1S/C17H25N5O2/c1-11-8-13(3)22(19-11)10-15-6-5-7-21(15)14(4)17(23)18-16-9-12(2)20-24-16/h8-9,14-15H,5-7,10H2,1-4H3,(H,18,23)/t14-,15-/m1/s1. The lowest BCUT2D eigenvalue weighted by molar-refractivity contribution is -0.121. The fourth-order valence-electron chi connectivity index (χ4n) is 3.42. The van der Waals surface area contributed by atoms with Crippen molar-refractivity contribution >= 4 is 11.8 Å². The molecule has 0 aromatic carbocycles. The van der Waals surface area contributed by atoms with Crippen LogP contribution in [0.25, 0.3) is 0 Å². The van der Waals surface area contributed by atoms with Gasteiger partial charge in [-0.2, -0.15) is 5.10 Å². The van der Waals surface area contributed by atoms with Gasteiger partial charge < -0.3 is 4.52 Å². The molecule has 0 saturated carbocycles. The summed E-state index contributed by atoms with van der Waals surface area (Å²) < 4.78 is 7.12. The van der Waals surface area contributed by atoms with E-state index in [0.717, 1.165) is 43.0 Å². The van der Waals surface area contributed by atoms with E-state index in [0.29, 0.717) is 11.9 Å². The van der Waals surface area contributed by atoms with Gasteiger partial charge in [0.25, 0.3) is 0 Å². The molecule has 3 rings (SSSR count). The van der Waals surface area contributed by atoms with Gasteiger partial charge in [0.2, 0.25) is 11.8 Å². The molecular formula is C17H25N5O2. The van der Waals surface area contributed by atoms with Gasteiger partial charge in [0.1, 0.15) is 0 Å². The number of nitrogens with zero attached hydrogens (tertiary/aromatic N) is 4. The first-order valence-electron chi connectivity index (χ1n) is 8.45. The number of rotatable bonds is 5. The molecule has 3 heterocycles. The van der Waals surface area contributed by atoms with E-state index in [-0.39, 0.29) is 11.9 Å². The summed E-state index contributed by atoms with van der Waals surface area (Å²) in [6, 6.07) is 3.91. The number of hydrogen-bond acceptors (Lipinski definition) is 5. The van der Waals surface area contributed by atoms with Crippen LogP contribution in [0.1, 0.15) is 36.8 Å². The van der Waals surface area contributed by atoms with Crippen LogP contribution in [0.4, 0.5) is 5.88 Å². The number of likely N-dealkylation sites (tertiary alicyclic amines) is 1. The summed E-state index contributed by atoms with van der Waals surface area (Å²) in [6.45, 7) is 9.59. The van der Waals surface area contributed by atoms with E-state index in [1.165, 1.54) is 0 Å². The van der Waals surface area contributed by atoms with Crippen molar-refractivity contribution in [3.8, 4) is 0 Å². The number of aryl methyl sites for hydroxylation is 3. The van der Waals surface area contributed by atoms with Gasteiger partial charge in [0.15, 0.2) is 0 Å². The predicted molar refractivity (Wildman–Crippen MR) is 90.8 cm³/mol. The SMILES string of the molecule is Cc1cc(NC(=O)[C@@H](C)N2CCC[C@@H]2Cn2nc(C)cc2C)on1. The molecule has 130 valence electrons. The minimum Gasteiger partial charge on any atom is -0.338 e. The van der Waals surface area contributed by atoms with Crippen molar-refractivity contribution in [2.45, 2.75) is 59.2 Å². The zero-order valence-corrected chi connectivity index (χ0v) is 14.7. The second kappa shape index (κ2) is 6.76. The Labute approximate surface area is 142 Å². The van der Waals surface area contributed by atoms with Crippen molar-refractivity contribution in [3.63, 3.8) is 0 Å². The Morgan fingerprint density at radius 2 is 2.17 bits per heavy atom. The van der Waals surface area contributed by atoms with E-state index in [1.54, 1.807) is 6.07 Å². The average Bonchev–Trinajstić information content (AvgIpc) is 3.21. The molecule has 7 nitrogen and oxygen atoms in total. The van der Waals surface area contributed by atoms with Crippen LogP contribution in [0.3, 0.4) is 0 Å². The van der Waals surface area contributed by atoms with Crippen molar-refractivity contribution in [1.29, 1.82) is 0 Å². The molecule has 0 radical (unpaired) electrons. The smallest absolute Gasteiger partial charge is 0.243 e. The fraction of sp³-hybridized carbons (Fsp3) is 0.588. The van der Waals surface area contributed by atoms with Crippen LogP contribution in [0, 0.1) is 20.8 Å². The van der Waals surface area contributed by atoms with Crippen LogP contribution >= 0.6 is 0 Å². The van der Waals surface area contributed by atoms with Gasteiger partial charge in [-0.25, -0.2) is 0 Å². The molecule has 0 aliphatic carbocycles. The number of carbonyl (C=O) groups excluding carboxylic acids is 1. The van der Waals surface area contributed by atoms with E-state index in [2.05, 4.69) is 33.5 Å². The molecule has 2 atom stereocenters. The van der Waals surface area contributed by atoms with Gasteiger partial charge in [0, 0.05) is 17.8 Å². The van der Waals surface area contributed by atoms with Crippen molar-refractivity contribution in [2.24, 2.45) is 0 Å². The second-order valence-electron chi connectivity index (χ2n) is 6.64. The molecule has 24 heavy (non-hydrogen) atoms. The monoisotopic (exact) mass is 331 g/mol. The van der Waals surface area contributed by atoms with E-state index >= 15 is 0 Å². The third kappa shape index (κ3) is 3.51. The molecule has 0 bridgehead atoms. The average molecular weight is 331 g/mol. The van der Waals surface area contributed by atoms with Crippen LogP contribution < -0.4 is 5.32 Å². The van der Waals surface area contributed by atoms with E-state index < -0.39 is 0 Å². The molecule has 2 aromatic heterocycles. The molecule has 1 fully saturated rings. The number of hydrogen-bond donors (Lipinski definition) is 1. The van der Waals surface area contributed by atoms with Crippen molar-refractivity contribution in [2.75, 3.05) is 11.9 Å². The minimum absolute atomic E-state index is 0.0635. The first-order valence-corrected chi connectivity index (χ1v) is 8.45. The molecule has 2 aromatic rings. The van der Waals surface area contributed by atoms with Gasteiger partial charge in [-0.15, -0.1) is 0 Å². The third-order valence-corrected chi connectivity index (χ3v) is 4.66. The first kappa shape index (κ1) is 16.7. The zero-order chi connectivity index (χ0) is 17.3. The maximum absolute atomic E-state index is 12.5. The van der Waals surface area contributed by atoms with Crippen LogP contribution in [0.5, 0.6) is 0 Å². The topological polar surface area (TPSA) is 76.2 Å². The normalized spacial score (nSPS) is 19.6. The van der Waals surface area contributed by atoms with Gasteiger partial charge in [-0.05, 0) is 53.1 Å². The number of carbonyl (C=O) groups is 1. The Morgan fingerprint density at radius 3 is 2.79 bits per heavy atom.